The van der Waals surface area contributed by atoms with Crippen LogP contribution < -0.4 is 21.1 Å². The summed E-state index contributed by atoms with van der Waals surface area (Å²) in [5.41, 5.74) is 4.85. The van der Waals surface area contributed by atoms with E-state index in [0.29, 0.717) is 17.9 Å². The van der Waals surface area contributed by atoms with E-state index >= 15 is 0 Å². The van der Waals surface area contributed by atoms with Crippen LogP contribution in [-0.2, 0) is 19.1 Å². The zero-order chi connectivity index (χ0) is 20.2. The first kappa shape index (κ1) is 22.3. The second-order valence-corrected chi connectivity index (χ2v) is 6.42. The largest absolute Gasteiger partial charge is 0.484 e. The van der Waals surface area contributed by atoms with Crippen molar-refractivity contribution in [1.29, 1.82) is 0 Å². The fourth-order valence-electron chi connectivity index (χ4n) is 1.92. The number of amides is 4. The van der Waals surface area contributed by atoms with Crippen LogP contribution >= 0.6 is 11.8 Å². The average Bonchev–Trinajstić information content (AvgIpc) is 2.63. The highest BCUT2D eigenvalue weighted by atomic mass is 32.2. The normalized spacial score (nSPS) is 12.4. The fraction of sp³-hybridized carbons (Fsp3) is 0.412. The van der Waals surface area contributed by atoms with Gasteiger partial charge in [-0.05, 0) is 37.5 Å². The minimum absolute atomic E-state index is 0.273. The molecule has 1 aromatic carbocycles. The molecule has 0 aliphatic rings. The lowest BCUT2D eigenvalue weighted by molar-refractivity contribution is -0.157. The Labute approximate surface area is 161 Å². The van der Waals surface area contributed by atoms with Gasteiger partial charge in [0.1, 0.15) is 11.8 Å². The molecule has 0 bridgehead atoms. The van der Waals surface area contributed by atoms with Gasteiger partial charge in [0.15, 0.2) is 12.7 Å². The van der Waals surface area contributed by atoms with Crippen molar-refractivity contribution in [1.82, 2.24) is 10.6 Å². The number of benzene rings is 1. The van der Waals surface area contributed by atoms with Gasteiger partial charge < -0.3 is 20.5 Å². The van der Waals surface area contributed by atoms with Crippen LogP contribution in [0.5, 0.6) is 5.75 Å². The number of para-hydroxylation sites is 1. The number of esters is 1. The van der Waals surface area contributed by atoms with Gasteiger partial charge in [-0.15, -0.1) is 0 Å². The summed E-state index contributed by atoms with van der Waals surface area (Å²) in [5, 5.41) is 4.35. The lowest BCUT2D eigenvalue weighted by atomic mass is 10.2. The summed E-state index contributed by atoms with van der Waals surface area (Å²) in [7, 11) is 0. The lowest BCUT2D eigenvalue weighted by Crippen LogP contribution is -2.47. The quantitative estimate of drug-likeness (QED) is 0.487. The van der Waals surface area contributed by atoms with Gasteiger partial charge in [-0.25, -0.2) is 9.59 Å². The summed E-state index contributed by atoms with van der Waals surface area (Å²) in [5.74, 6) is -1.03. The molecule has 0 fully saturated rings. The molecule has 0 aromatic heterocycles. The van der Waals surface area contributed by atoms with E-state index in [1.807, 2.05) is 17.6 Å². The molecule has 2 atom stereocenters. The van der Waals surface area contributed by atoms with Gasteiger partial charge in [-0.2, -0.15) is 11.8 Å². The number of carbonyl (C=O) groups excluding carboxylic acids is 4. The van der Waals surface area contributed by atoms with Crippen LogP contribution in [-0.4, -0.2) is 54.6 Å². The molecule has 0 aliphatic carbocycles. The Hall–Kier alpha value is -2.75. The highest BCUT2D eigenvalue weighted by Crippen LogP contribution is 2.08. The van der Waals surface area contributed by atoms with E-state index in [0.717, 1.165) is 0 Å². The van der Waals surface area contributed by atoms with E-state index in [2.05, 4.69) is 5.32 Å². The highest BCUT2D eigenvalue weighted by Gasteiger charge is 2.26. The third-order valence-corrected chi connectivity index (χ3v) is 3.90. The number of nitrogens with one attached hydrogen (secondary N) is 2. The Morgan fingerprint density at radius 2 is 1.85 bits per heavy atom. The summed E-state index contributed by atoms with van der Waals surface area (Å²) in [6, 6.07) is 6.75. The molecule has 1 rings (SSSR count). The number of imide groups is 1. The van der Waals surface area contributed by atoms with Crippen molar-refractivity contribution in [2.24, 2.45) is 5.73 Å². The topological polar surface area (TPSA) is 137 Å². The summed E-state index contributed by atoms with van der Waals surface area (Å²) in [6.45, 7) is 1.02. The average molecular weight is 397 g/mol. The third-order valence-electron chi connectivity index (χ3n) is 3.25. The Morgan fingerprint density at radius 1 is 1.19 bits per heavy atom. The summed E-state index contributed by atoms with van der Waals surface area (Å²) in [6.07, 6.45) is 0.923. The number of thioether (sulfide) groups is 1. The predicted molar refractivity (Wildman–Crippen MR) is 100 cm³/mol. The predicted octanol–water partition coefficient (Wildman–Crippen LogP) is 0.430. The number of urea groups is 1. The van der Waals surface area contributed by atoms with Crippen molar-refractivity contribution in [3.63, 3.8) is 0 Å². The fourth-order valence-corrected chi connectivity index (χ4v) is 2.39. The van der Waals surface area contributed by atoms with Crippen molar-refractivity contribution in [2.45, 2.75) is 25.5 Å². The Bertz CT molecular complexity index is 655. The first-order valence-electron chi connectivity index (χ1n) is 8.10. The molecule has 0 unspecified atom stereocenters. The number of ether oxygens (including phenoxy) is 2. The number of nitrogens with two attached hydrogens (primary N) is 1. The second-order valence-electron chi connectivity index (χ2n) is 5.44. The minimum atomic E-state index is -1.24. The van der Waals surface area contributed by atoms with Gasteiger partial charge in [0.25, 0.3) is 11.8 Å². The maximum atomic E-state index is 12.3. The number of carbonyl (C=O) groups is 4. The van der Waals surface area contributed by atoms with E-state index in [9.17, 15) is 19.2 Å². The molecule has 27 heavy (non-hydrogen) atoms. The van der Waals surface area contributed by atoms with Crippen LogP contribution in [0.25, 0.3) is 0 Å². The molecule has 9 nitrogen and oxygen atoms in total. The molecule has 10 heteroatoms. The SMILES string of the molecule is CSCC[C@H](NC(=O)COc1ccccc1)C(=O)O[C@H](C)C(=O)NC(N)=O. The van der Waals surface area contributed by atoms with E-state index in [1.54, 1.807) is 24.3 Å². The third kappa shape index (κ3) is 8.95. The number of hydrogen-bond acceptors (Lipinski definition) is 7. The van der Waals surface area contributed by atoms with Crippen molar-refractivity contribution >= 4 is 35.6 Å². The van der Waals surface area contributed by atoms with Crippen LogP contribution in [0, 0.1) is 0 Å². The molecule has 0 spiro atoms. The van der Waals surface area contributed by atoms with E-state index in [4.69, 9.17) is 15.2 Å². The molecular weight excluding hydrogens is 374 g/mol. The van der Waals surface area contributed by atoms with Crippen LogP contribution in [0.15, 0.2) is 30.3 Å². The molecule has 4 N–H and O–H groups in total. The summed E-state index contributed by atoms with van der Waals surface area (Å²) in [4.78, 5) is 46.6. The standard InChI is InChI=1S/C17H23N3O6S/c1-11(15(22)20-17(18)24)26-16(23)13(8-9-27-2)19-14(21)10-25-12-6-4-3-5-7-12/h3-7,11,13H,8-10H2,1-2H3,(H,19,21)(H3,18,20,22,24)/t11-,13+/m1/s1. The highest BCUT2D eigenvalue weighted by molar-refractivity contribution is 7.98. The van der Waals surface area contributed by atoms with Gasteiger partial charge in [0, 0.05) is 0 Å². The van der Waals surface area contributed by atoms with E-state index in [-0.39, 0.29) is 6.61 Å². The monoisotopic (exact) mass is 397 g/mol. The van der Waals surface area contributed by atoms with Crippen molar-refractivity contribution in [3.8, 4) is 5.75 Å². The molecule has 4 amide bonds. The minimum Gasteiger partial charge on any atom is -0.484 e. The molecule has 148 valence electrons. The Balaban J connectivity index is 2.59. The second kappa shape index (κ2) is 11.8. The zero-order valence-corrected chi connectivity index (χ0v) is 15.9. The number of rotatable bonds is 10. The number of primary amides is 1. The maximum Gasteiger partial charge on any atom is 0.329 e. The van der Waals surface area contributed by atoms with E-state index < -0.39 is 36.0 Å². The number of hydrogen-bond donors (Lipinski definition) is 3. The first-order valence-corrected chi connectivity index (χ1v) is 9.49. The summed E-state index contributed by atoms with van der Waals surface area (Å²) >= 11 is 1.49. The van der Waals surface area contributed by atoms with Gasteiger partial charge in [0.05, 0.1) is 0 Å². The van der Waals surface area contributed by atoms with Gasteiger partial charge in [-0.3, -0.25) is 14.9 Å². The molecular formula is C17H23N3O6S. The Kier molecular flexibility index (Phi) is 9.73. The molecule has 0 heterocycles. The van der Waals surface area contributed by atoms with Crippen LogP contribution in [0.4, 0.5) is 4.79 Å². The summed E-state index contributed by atoms with van der Waals surface area (Å²) < 4.78 is 10.3. The van der Waals surface area contributed by atoms with Crippen LogP contribution in [0.2, 0.25) is 0 Å². The molecule has 0 radical (unpaired) electrons. The van der Waals surface area contributed by atoms with Crippen LogP contribution in [0.3, 0.4) is 0 Å². The van der Waals surface area contributed by atoms with Crippen molar-refractivity contribution in [3.05, 3.63) is 30.3 Å². The van der Waals surface area contributed by atoms with Gasteiger partial charge in [0.2, 0.25) is 0 Å². The van der Waals surface area contributed by atoms with Gasteiger partial charge in [-0.1, -0.05) is 18.2 Å². The first-order chi connectivity index (χ1) is 12.8. The van der Waals surface area contributed by atoms with Crippen LogP contribution in [0.1, 0.15) is 13.3 Å². The van der Waals surface area contributed by atoms with E-state index in [1.165, 1.54) is 18.7 Å². The molecule has 0 aliphatic heterocycles. The smallest absolute Gasteiger partial charge is 0.329 e. The zero-order valence-electron chi connectivity index (χ0n) is 15.1. The van der Waals surface area contributed by atoms with Gasteiger partial charge >= 0.3 is 12.0 Å². The molecule has 1 aromatic rings. The lowest BCUT2D eigenvalue weighted by Gasteiger charge is -2.20. The maximum absolute atomic E-state index is 12.3. The van der Waals surface area contributed by atoms with Crippen molar-refractivity contribution < 1.29 is 28.7 Å². The molecule has 0 saturated carbocycles. The van der Waals surface area contributed by atoms with Crippen molar-refractivity contribution in [2.75, 3.05) is 18.6 Å². The molecule has 0 saturated heterocycles. The Morgan fingerprint density at radius 3 is 2.44 bits per heavy atom.